The van der Waals surface area contributed by atoms with Gasteiger partial charge in [0.15, 0.2) is 0 Å². The third kappa shape index (κ3) is 10.6. The van der Waals surface area contributed by atoms with Crippen molar-refractivity contribution in [2.24, 2.45) is 0 Å². The van der Waals surface area contributed by atoms with Crippen LogP contribution in [0, 0.1) is 13.8 Å². The van der Waals surface area contributed by atoms with Crippen molar-refractivity contribution in [3.05, 3.63) is 10.4 Å². The Balaban J connectivity index is 2.26. The van der Waals surface area contributed by atoms with Gasteiger partial charge in [0.05, 0.1) is 0 Å². The summed E-state index contributed by atoms with van der Waals surface area (Å²) in [5.41, 5.74) is 1.65. The molecule has 0 aliphatic rings. The number of hydrogen-bond acceptors (Lipinski definition) is 1. The molecule has 0 bridgehead atoms. The molecule has 0 radical (unpaired) electrons. The van der Waals surface area contributed by atoms with E-state index in [9.17, 15) is 0 Å². The summed E-state index contributed by atoms with van der Waals surface area (Å²) in [7, 11) is 0. The average molecular weight is 495 g/mol. The van der Waals surface area contributed by atoms with E-state index in [0.29, 0.717) is 0 Å². The van der Waals surface area contributed by atoms with E-state index >= 15 is 0 Å². The average Bonchev–Trinajstić information content (AvgIpc) is 2.87. The number of thiophene rings is 1. The van der Waals surface area contributed by atoms with Crippen molar-refractivity contribution < 1.29 is 0 Å². The van der Waals surface area contributed by atoms with Gasteiger partial charge in [-0.1, -0.05) is 0 Å². The molecule has 0 amide bonds. The van der Waals surface area contributed by atoms with Gasteiger partial charge in [-0.15, -0.1) is 0 Å². The first-order valence-electron chi connectivity index (χ1n) is 10.6. The predicted molar refractivity (Wildman–Crippen MR) is 121 cm³/mol. The van der Waals surface area contributed by atoms with Crippen molar-refractivity contribution in [2.45, 2.75) is 115 Å². The van der Waals surface area contributed by atoms with Gasteiger partial charge in [-0.25, -0.2) is 0 Å². The zero-order chi connectivity index (χ0) is 18.3. The quantitative estimate of drug-likeness (QED) is 0.180. The topological polar surface area (TPSA) is 0 Å². The van der Waals surface area contributed by atoms with Crippen molar-refractivity contribution in [3.63, 3.8) is 0 Å². The molecule has 0 saturated carbocycles. The molecule has 0 N–H and O–H groups in total. The maximum absolute atomic E-state index is 2.38. The fourth-order valence-electron chi connectivity index (χ4n) is 2.94. The number of aryl methyl sites for hydroxylation is 1. The summed E-state index contributed by atoms with van der Waals surface area (Å²) in [6, 6.07) is 0. The number of unbranched alkanes of at least 4 members (excludes halogenated alkanes) is 10. The summed E-state index contributed by atoms with van der Waals surface area (Å²) in [6.07, 6.45) is 17.3. The fourth-order valence-corrected chi connectivity index (χ4v) is 11.3. The molecule has 1 heterocycles. The Labute approximate surface area is 174 Å². The van der Waals surface area contributed by atoms with Gasteiger partial charge in [0.2, 0.25) is 0 Å². The van der Waals surface area contributed by atoms with Crippen LogP contribution in [-0.2, 0) is 0 Å². The second-order valence-electron chi connectivity index (χ2n) is 7.13. The first-order valence-corrected chi connectivity index (χ1v) is 15.5. The van der Waals surface area contributed by atoms with E-state index < -0.39 is 0 Å². The van der Waals surface area contributed by atoms with Crippen LogP contribution in [0.5, 0.6) is 0 Å². The van der Waals surface area contributed by atoms with Gasteiger partial charge >= 0.3 is 175 Å². The SMILES string of the molecule is CCCCCCCC[Se]c1sc(C)c(C)c1[Se]CCCCCCCC. The van der Waals surface area contributed by atoms with Crippen molar-refractivity contribution >= 4 is 49.5 Å². The van der Waals surface area contributed by atoms with E-state index in [0.717, 1.165) is 29.9 Å². The van der Waals surface area contributed by atoms with Crippen molar-refractivity contribution in [3.8, 4) is 0 Å². The molecule has 1 aromatic rings. The van der Waals surface area contributed by atoms with Gasteiger partial charge in [-0.3, -0.25) is 0 Å². The molecule has 0 atom stereocenters. The van der Waals surface area contributed by atoms with Crippen LogP contribution in [0.2, 0.25) is 10.6 Å². The van der Waals surface area contributed by atoms with Gasteiger partial charge in [0.25, 0.3) is 0 Å². The van der Waals surface area contributed by atoms with Crippen LogP contribution in [-0.4, -0.2) is 29.9 Å². The molecule has 0 aliphatic heterocycles. The van der Waals surface area contributed by atoms with Gasteiger partial charge in [-0.05, 0) is 0 Å². The fraction of sp³-hybridized carbons (Fsp3) is 0.818. The van der Waals surface area contributed by atoms with Crippen LogP contribution in [0.1, 0.15) is 101 Å². The van der Waals surface area contributed by atoms with E-state index in [2.05, 4.69) is 39.0 Å². The molecule has 1 aromatic heterocycles. The standard InChI is InChI=1S/C22H40SSe2/c1-5-7-9-11-13-15-17-24-21-19(3)20(4)23-22(21)25-18-16-14-12-10-8-6-2/h5-18H2,1-4H3. The molecule has 0 saturated heterocycles. The van der Waals surface area contributed by atoms with E-state index in [1.54, 1.807) is 10.4 Å². The summed E-state index contributed by atoms with van der Waals surface area (Å²) in [6.45, 7) is 9.33. The van der Waals surface area contributed by atoms with Crippen LogP contribution in [0.3, 0.4) is 0 Å². The van der Waals surface area contributed by atoms with E-state index in [-0.39, 0.29) is 0 Å². The summed E-state index contributed by atoms with van der Waals surface area (Å²) in [4.78, 5) is 1.60. The normalized spacial score (nSPS) is 11.4. The molecular weight excluding hydrogens is 454 g/mol. The first kappa shape index (κ1) is 23.8. The molecule has 0 nitrogen and oxygen atoms in total. The van der Waals surface area contributed by atoms with Crippen LogP contribution in [0.4, 0.5) is 0 Å². The molecule has 0 aliphatic carbocycles. The summed E-state index contributed by atoms with van der Waals surface area (Å²) < 4.78 is 3.62. The van der Waals surface area contributed by atoms with Gasteiger partial charge in [0.1, 0.15) is 0 Å². The summed E-state index contributed by atoms with van der Waals surface area (Å²) in [5.74, 6) is 0. The number of rotatable bonds is 16. The Hall–Kier alpha value is 0.739. The van der Waals surface area contributed by atoms with Gasteiger partial charge < -0.3 is 0 Å². The molecule has 3 heteroatoms. The Morgan fingerprint density at radius 3 is 1.68 bits per heavy atom. The molecule has 0 fully saturated rings. The molecule has 25 heavy (non-hydrogen) atoms. The third-order valence-electron chi connectivity index (χ3n) is 4.78. The first-order chi connectivity index (χ1) is 12.2. The zero-order valence-corrected chi connectivity index (χ0v) is 21.4. The predicted octanol–water partition coefficient (Wildman–Crippen LogP) is 6.58. The van der Waals surface area contributed by atoms with Crippen LogP contribution in [0.25, 0.3) is 0 Å². The monoisotopic (exact) mass is 496 g/mol. The van der Waals surface area contributed by atoms with Crippen LogP contribution in [0.15, 0.2) is 0 Å². The number of hydrogen-bond donors (Lipinski definition) is 0. The summed E-state index contributed by atoms with van der Waals surface area (Å²) >= 11 is 3.61. The van der Waals surface area contributed by atoms with E-state index in [1.807, 2.05) is 8.24 Å². The second-order valence-corrected chi connectivity index (χ2v) is 13.6. The third-order valence-corrected chi connectivity index (χ3v) is 12.6. The van der Waals surface area contributed by atoms with Crippen LogP contribution >= 0.6 is 11.3 Å². The Kier molecular flexibility index (Phi) is 15.0. The molecule has 146 valence electrons. The maximum atomic E-state index is 2.38. The second kappa shape index (κ2) is 15.8. The van der Waals surface area contributed by atoms with E-state index in [1.165, 1.54) is 87.7 Å². The Bertz CT molecular complexity index is 439. The van der Waals surface area contributed by atoms with Gasteiger partial charge in [-0.2, -0.15) is 0 Å². The Morgan fingerprint density at radius 2 is 1.12 bits per heavy atom. The molecule has 0 spiro atoms. The zero-order valence-electron chi connectivity index (χ0n) is 17.1. The minimum absolute atomic E-state index is 0.734. The minimum atomic E-state index is 0.734. The molecule has 1 rings (SSSR count). The Morgan fingerprint density at radius 1 is 0.640 bits per heavy atom. The van der Waals surface area contributed by atoms with Crippen LogP contribution < -0.4 is 8.24 Å². The van der Waals surface area contributed by atoms with Gasteiger partial charge in [0, 0.05) is 0 Å². The van der Waals surface area contributed by atoms with Crippen molar-refractivity contribution in [1.29, 1.82) is 0 Å². The van der Waals surface area contributed by atoms with E-state index in [4.69, 9.17) is 0 Å². The molecular formula is C22H40SSe2. The van der Waals surface area contributed by atoms with Crippen molar-refractivity contribution in [2.75, 3.05) is 0 Å². The molecule has 0 aromatic carbocycles. The molecule has 0 unspecified atom stereocenters. The summed E-state index contributed by atoms with van der Waals surface area (Å²) in [5, 5.41) is 2.94. The van der Waals surface area contributed by atoms with Crippen molar-refractivity contribution in [1.82, 2.24) is 0 Å².